The molecule has 128 valence electrons. The van der Waals surface area contributed by atoms with Gasteiger partial charge in [-0.2, -0.15) is 0 Å². The maximum Gasteiger partial charge on any atom is 0.0350 e. The lowest BCUT2D eigenvalue weighted by Crippen LogP contribution is -1.99. The molecule has 25 heavy (non-hydrogen) atoms. The molecule has 0 unspecified atom stereocenters. The highest BCUT2D eigenvalue weighted by Gasteiger charge is 2.05. The van der Waals surface area contributed by atoms with Crippen molar-refractivity contribution in [3.05, 3.63) is 89.0 Å². The predicted octanol–water partition coefficient (Wildman–Crippen LogP) is 4.46. The Bertz CT molecular complexity index is 821. The number of benzene rings is 3. The van der Waals surface area contributed by atoms with E-state index >= 15 is 0 Å². The topological polar surface area (TPSA) is 64.1 Å². The minimum Gasteiger partial charge on any atom is -0.399 e. The van der Waals surface area contributed by atoms with Crippen LogP contribution < -0.4 is 16.8 Å². The molecular weight excluding hydrogens is 306 g/mol. The molecule has 0 bridgehead atoms. The van der Waals surface area contributed by atoms with E-state index in [1.807, 2.05) is 18.2 Å². The van der Waals surface area contributed by atoms with E-state index in [0.29, 0.717) is 0 Å². The van der Waals surface area contributed by atoms with Crippen molar-refractivity contribution in [1.29, 1.82) is 0 Å². The molecule has 0 saturated heterocycles. The second-order valence-electron chi connectivity index (χ2n) is 6.36. The molecular formula is C22H25N3. The number of nitrogens with one attached hydrogen (secondary N) is 1. The number of anilines is 3. The van der Waals surface area contributed by atoms with Crippen LogP contribution in [0.5, 0.6) is 0 Å². The third-order valence-electron chi connectivity index (χ3n) is 4.32. The molecule has 0 aliphatic carbocycles. The summed E-state index contributed by atoms with van der Waals surface area (Å²) >= 11 is 0. The Labute approximate surface area is 149 Å². The number of hydrogen-bond acceptors (Lipinski definition) is 3. The molecule has 0 fully saturated rings. The van der Waals surface area contributed by atoms with Crippen molar-refractivity contribution in [3.63, 3.8) is 0 Å². The van der Waals surface area contributed by atoms with Crippen molar-refractivity contribution in [3.8, 4) is 0 Å². The molecule has 3 heteroatoms. The molecule has 0 aliphatic heterocycles. The second-order valence-corrected chi connectivity index (χ2v) is 6.36. The van der Waals surface area contributed by atoms with E-state index in [0.717, 1.165) is 42.0 Å². The first-order valence-electron chi connectivity index (χ1n) is 8.68. The van der Waals surface area contributed by atoms with Gasteiger partial charge in [0.05, 0.1) is 0 Å². The fourth-order valence-electron chi connectivity index (χ4n) is 2.96. The third kappa shape index (κ3) is 4.54. The first-order valence-corrected chi connectivity index (χ1v) is 8.68. The van der Waals surface area contributed by atoms with E-state index in [4.69, 9.17) is 11.5 Å². The summed E-state index contributed by atoms with van der Waals surface area (Å²) in [6.07, 6.45) is 1.72. The average molecular weight is 331 g/mol. The van der Waals surface area contributed by atoms with Crippen molar-refractivity contribution in [2.24, 2.45) is 0 Å². The van der Waals surface area contributed by atoms with E-state index in [9.17, 15) is 0 Å². The lowest BCUT2D eigenvalue weighted by Gasteiger charge is -2.10. The van der Waals surface area contributed by atoms with Crippen LogP contribution in [0.3, 0.4) is 0 Å². The van der Waals surface area contributed by atoms with Gasteiger partial charge in [-0.3, -0.25) is 0 Å². The summed E-state index contributed by atoms with van der Waals surface area (Å²) in [5.74, 6) is 0. The van der Waals surface area contributed by atoms with Gasteiger partial charge in [0.1, 0.15) is 0 Å². The summed E-state index contributed by atoms with van der Waals surface area (Å²) in [5, 5.41) is 3.32. The van der Waals surface area contributed by atoms with Gasteiger partial charge >= 0.3 is 0 Å². The molecule has 0 aliphatic rings. The number of rotatable bonds is 6. The van der Waals surface area contributed by atoms with Crippen LogP contribution in [0.2, 0.25) is 0 Å². The van der Waals surface area contributed by atoms with Gasteiger partial charge in [0.15, 0.2) is 0 Å². The Hall–Kier alpha value is -2.94. The van der Waals surface area contributed by atoms with Crippen LogP contribution in [0.1, 0.15) is 29.2 Å². The monoisotopic (exact) mass is 331 g/mol. The third-order valence-corrected chi connectivity index (χ3v) is 4.32. The lowest BCUT2D eigenvalue weighted by molar-refractivity contribution is 1.14. The summed E-state index contributed by atoms with van der Waals surface area (Å²) in [4.78, 5) is 0. The first kappa shape index (κ1) is 16.9. The van der Waals surface area contributed by atoms with Crippen LogP contribution in [0.25, 0.3) is 0 Å². The van der Waals surface area contributed by atoms with Crippen LogP contribution in [-0.2, 0) is 12.8 Å². The number of nitrogens with two attached hydrogens (primary N) is 2. The first-order chi connectivity index (χ1) is 12.1. The van der Waals surface area contributed by atoms with E-state index in [-0.39, 0.29) is 0 Å². The molecule has 0 radical (unpaired) electrons. The average Bonchev–Trinajstić information content (AvgIpc) is 2.62. The van der Waals surface area contributed by atoms with Crippen molar-refractivity contribution in [1.82, 2.24) is 0 Å². The Morgan fingerprint density at radius 1 is 0.720 bits per heavy atom. The van der Waals surface area contributed by atoms with Crippen LogP contribution in [-0.4, -0.2) is 6.54 Å². The van der Waals surface area contributed by atoms with Crippen LogP contribution in [0, 0.1) is 0 Å². The maximum absolute atomic E-state index is 6.18. The normalized spacial score (nSPS) is 10.6. The summed E-state index contributed by atoms with van der Waals surface area (Å²) in [6.45, 7) is 3.04. The molecule has 3 rings (SSSR count). The Morgan fingerprint density at radius 2 is 1.32 bits per heavy atom. The highest BCUT2D eigenvalue weighted by Crippen LogP contribution is 2.21. The summed E-state index contributed by atoms with van der Waals surface area (Å²) < 4.78 is 0. The van der Waals surface area contributed by atoms with E-state index in [2.05, 4.69) is 60.8 Å². The minimum absolute atomic E-state index is 0.784. The molecule has 3 aromatic rings. The highest BCUT2D eigenvalue weighted by atomic mass is 14.8. The molecule has 0 aromatic heterocycles. The molecule has 3 nitrogen and oxygen atoms in total. The van der Waals surface area contributed by atoms with Crippen LogP contribution in [0.4, 0.5) is 17.1 Å². The van der Waals surface area contributed by atoms with Crippen molar-refractivity contribution in [2.75, 3.05) is 23.3 Å². The van der Waals surface area contributed by atoms with Gasteiger partial charge < -0.3 is 16.8 Å². The largest absolute Gasteiger partial charge is 0.399 e. The van der Waals surface area contributed by atoms with Gasteiger partial charge in [-0.25, -0.2) is 0 Å². The number of nitrogen functional groups attached to an aromatic ring is 2. The van der Waals surface area contributed by atoms with Crippen LogP contribution in [0.15, 0.2) is 66.7 Å². The van der Waals surface area contributed by atoms with E-state index in [1.165, 1.54) is 16.7 Å². The van der Waals surface area contributed by atoms with Gasteiger partial charge in [0.2, 0.25) is 0 Å². The summed E-state index contributed by atoms with van der Waals surface area (Å²) in [5.41, 5.74) is 19.7. The molecule has 0 heterocycles. The fourth-order valence-corrected chi connectivity index (χ4v) is 2.96. The summed E-state index contributed by atoms with van der Waals surface area (Å²) in [7, 11) is 0. The molecule has 0 amide bonds. The SMILES string of the molecule is CCNc1ccc(Cc2ccc(N)c(Cc3ccc(N)cc3)c2)cc1. The molecule has 0 saturated carbocycles. The van der Waals surface area contributed by atoms with Crippen molar-refractivity contribution in [2.45, 2.75) is 19.8 Å². The van der Waals surface area contributed by atoms with E-state index < -0.39 is 0 Å². The standard InChI is InChI=1S/C22H25N3/c1-2-25-21-10-5-16(6-11-21)13-18-7-12-22(24)19(15-18)14-17-3-8-20(23)9-4-17/h3-12,15,25H,2,13-14,23-24H2,1H3. The number of hydrogen-bond donors (Lipinski definition) is 3. The highest BCUT2D eigenvalue weighted by molar-refractivity contribution is 5.52. The van der Waals surface area contributed by atoms with Crippen molar-refractivity contribution < 1.29 is 0 Å². The summed E-state index contributed by atoms with van der Waals surface area (Å²) in [6, 6.07) is 22.9. The molecule has 3 aromatic carbocycles. The maximum atomic E-state index is 6.18. The molecule has 0 atom stereocenters. The van der Waals surface area contributed by atoms with Gasteiger partial charge in [-0.05, 0) is 72.4 Å². The Balaban J connectivity index is 1.75. The Kier molecular flexibility index (Phi) is 5.24. The molecule has 0 spiro atoms. The zero-order chi connectivity index (χ0) is 17.6. The zero-order valence-electron chi connectivity index (χ0n) is 14.6. The smallest absolute Gasteiger partial charge is 0.0350 e. The molecule has 5 N–H and O–H groups in total. The minimum atomic E-state index is 0.784. The van der Waals surface area contributed by atoms with Gasteiger partial charge in [0, 0.05) is 23.6 Å². The quantitative estimate of drug-likeness (QED) is 0.584. The lowest BCUT2D eigenvalue weighted by atomic mass is 9.97. The Morgan fingerprint density at radius 3 is 2.00 bits per heavy atom. The second kappa shape index (κ2) is 7.75. The zero-order valence-corrected chi connectivity index (χ0v) is 14.6. The predicted molar refractivity (Wildman–Crippen MR) is 108 cm³/mol. The van der Waals surface area contributed by atoms with Crippen LogP contribution >= 0.6 is 0 Å². The van der Waals surface area contributed by atoms with Gasteiger partial charge in [-0.1, -0.05) is 36.4 Å². The van der Waals surface area contributed by atoms with E-state index in [1.54, 1.807) is 0 Å². The van der Waals surface area contributed by atoms with Crippen molar-refractivity contribution >= 4 is 17.1 Å². The van der Waals surface area contributed by atoms with Gasteiger partial charge in [0.25, 0.3) is 0 Å². The van der Waals surface area contributed by atoms with Gasteiger partial charge in [-0.15, -0.1) is 0 Å². The fraction of sp³-hybridized carbons (Fsp3) is 0.182.